The first-order chi connectivity index (χ1) is 8.94. The van der Waals surface area contributed by atoms with E-state index < -0.39 is 22.2 Å². The summed E-state index contributed by atoms with van der Waals surface area (Å²) >= 11 is 0. The zero-order chi connectivity index (χ0) is 14.0. The molecule has 0 aromatic rings. The first kappa shape index (κ1) is 14.7. The van der Waals surface area contributed by atoms with E-state index in [1.54, 1.807) is 0 Å². The number of aliphatic carboxylic acids is 1. The summed E-state index contributed by atoms with van der Waals surface area (Å²) in [5.41, 5.74) is 0. The molecule has 2 unspecified atom stereocenters. The highest BCUT2D eigenvalue weighted by atomic mass is 32.2. The van der Waals surface area contributed by atoms with Crippen LogP contribution < -0.4 is 0 Å². The molecule has 1 N–H and O–H groups in total. The second-order valence-electron chi connectivity index (χ2n) is 5.00. The average Bonchev–Trinajstić information content (AvgIpc) is 2.91. The van der Waals surface area contributed by atoms with Gasteiger partial charge in [0.05, 0.1) is 12.6 Å². The van der Waals surface area contributed by atoms with E-state index in [0.29, 0.717) is 32.5 Å². The fraction of sp³-hybridized carbons (Fsp3) is 0.909. The predicted molar refractivity (Wildman–Crippen MR) is 67.9 cm³/mol. The second-order valence-corrected chi connectivity index (χ2v) is 6.94. The number of carboxylic acid groups (broad SMARTS) is 1. The number of rotatable bonds is 4. The fourth-order valence-electron chi connectivity index (χ4n) is 2.59. The Morgan fingerprint density at radius 2 is 2.11 bits per heavy atom. The van der Waals surface area contributed by atoms with Crippen LogP contribution in [0.3, 0.4) is 0 Å². The molecule has 7 nitrogen and oxygen atoms in total. The van der Waals surface area contributed by atoms with Crippen LogP contribution in [0.1, 0.15) is 25.7 Å². The van der Waals surface area contributed by atoms with E-state index >= 15 is 0 Å². The van der Waals surface area contributed by atoms with Crippen molar-refractivity contribution in [1.29, 1.82) is 0 Å². The van der Waals surface area contributed by atoms with Gasteiger partial charge in [0.15, 0.2) is 0 Å². The van der Waals surface area contributed by atoms with Gasteiger partial charge in [0.2, 0.25) is 0 Å². The molecule has 2 saturated heterocycles. The van der Waals surface area contributed by atoms with Crippen molar-refractivity contribution in [2.75, 3.05) is 26.8 Å². The highest BCUT2D eigenvalue weighted by Crippen LogP contribution is 2.25. The van der Waals surface area contributed by atoms with Gasteiger partial charge in [-0.2, -0.15) is 17.0 Å². The SMILES string of the molecule is CN(C1CCOC1)S(=O)(=O)N1CCCCC1C(=O)O. The Bertz CT molecular complexity index is 432. The van der Waals surface area contributed by atoms with E-state index in [1.807, 2.05) is 0 Å². The van der Waals surface area contributed by atoms with Crippen molar-refractivity contribution >= 4 is 16.2 Å². The highest BCUT2D eigenvalue weighted by molar-refractivity contribution is 7.86. The van der Waals surface area contributed by atoms with Crippen LogP contribution in [0.25, 0.3) is 0 Å². The van der Waals surface area contributed by atoms with E-state index in [-0.39, 0.29) is 12.6 Å². The van der Waals surface area contributed by atoms with Gasteiger partial charge in [0.25, 0.3) is 10.2 Å². The summed E-state index contributed by atoms with van der Waals surface area (Å²) in [5.74, 6) is -1.07. The van der Waals surface area contributed by atoms with E-state index in [9.17, 15) is 13.2 Å². The lowest BCUT2D eigenvalue weighted by atomic mass is 10.1. The van der Waals surface area contributed by atoms with Crippen LogP contribution in [0.5, 0.6) is 0 Å². The van der Waals surface area contributed by atoms with Crippen molar-refractivity contribution in [3.05, 3.63) is 0 Å². The summed E-state index contributed by atoms with van der Waals surface area (Å²) in [4.78, 5) is 11.2. The quantitative estimate of drug-likeness (QED) is 0.781. The number of nitrogens with zero attached hydrogens (tertiary/aromatic N) is 2. The Hall–Kier alpha value is -0.700. The van der Waals surface area contributed by atoms with E-state index in [4.69, 9.17) is 9.84 Å². The minimum atomic E-state index is -3.73. The van der Waals surface area contributed by atoms with Gasteiger partial charge >= 0.3 is 5.97 Å². The van der Waals surface area contributed by atoms with Gasteiger partial charge in [-0.05, 0) is 25.7 Å². The normalized spacial score (nSPS) is 29.8. The zero-order valence-corrected chi connectivity index (χ0v) is 11.8. The Morgan fingerprint density at radius 3 is 2.68 bits per heavy atom. The van der Waals surface area contributed by atoms with Gasteiger partial charge < -0.3 is 9.84 Å². The summed E-state index contributed by atoms with van der Waals surface area (Å²) < 4.78 is 32.6. The molecule has 0 bridgehead atoms. The molecule has 2 aliphatic rings. The molecule has 0 spiro atoms. The molecule has 8 heteroatoms. The minimum Gasteiger partial charge on any atom is -0.480 e. The molecule has 2 atom stereocenters. The zero-order valence-electron chi connectivity index (χ0n) is 11.0. The number of hydrogen-bond acceptors (Lipinski definition) is 4. The van der Waals surface area contributed by atoms with Gasteiger partial charge in [-0.25, -0.2) is 0 Å². The van der Waals surface area contributed by atoms with Gasteiger partial charge in [0.1, 0.15) is 6.04 Å². The van der Waals surface area contributed by atoms with Gasteiger partial charge in [-0.3, -0.25) is 4.79 Å². The molecule has 110 valence electrons. The number of ether oxygens (including phenoxy) is 1. The fourth-order valence-corrected chi connectivity index (χ4v) is 4.34. The topological polar surface area (TPSA) is 87.2 Å². The first-order valence-corrected chi connectivity index (χ1v) is 7.89. The maximum Gasteiger partial charge on any atom is 0.322 e. The van der Waals surface area contributed by atoms with Crippen LogP contribution in [0.2, 0.25) is 0 Å². The van der Waals surface area contributed by atoms with Crippen LogP contribution in [-0.2, 0) is 19.7 Å². The molecule has 0 aromatic heterocycles. The van der Waals surface area contributed by atoms with Crippen molar-refractivity contribution < 1.29 is 23.1 Å². The molecule has 0 radical (unpaired) electrons. The molecule has 2 aliphatic heterocycles. The molecular formula is C11H20N2O5S. The first-order valence-electron chi connectivity index (χ1n) is 6.50. The van der Waals surface area contributed by atoms with Crippen LogP contribution in [0.15, 0.2) is 0 Å². The van der Waals surface area contributed by atoms with Crippen molar-refractivity contribution in [2.24, 2.45) is 0 Å². The average molecular weight is 292 g/mol. The number of carbonyl (C=O) groups is 1. The highest BCUT2D eigenvalue weighted by Gasteiger charge is 2.41. The summed E-state index contributed by atoms with van der Waals surface area (Å²) in [6.45, 7) is 1.20. The second kappa shape index (κ2) is 5.74. The molecule has 0 aliphatic carbocycles. The predicted octanol–water partition coefficient (Wildman–Crippen LogP) is -0.109. The number of piperidine rings is 1. The lowest BCUT2D eigenvalue weighted by Crippen LogP contribution is -2.54. The number of carboxylic acids is 1. The molecule has 0 amide bonds. The smallest absolute Gasteiger partial charge is 0.322 e. The Kier molecular flexibility index (Phi) is 4.44. The maximum absolute atomic E-state index is 12.5. The largest absolute Gasteiger partial charge is 0.480 e. The van der Waals surface area contributed by atoms with Gasteiger partial charge in [-0.15, -0.1) is 0 Å². The lowest BCUT2D eigenvalue weighted by Gasteiger charge is -2.36. The third-order valence-electron chi connectivity index (χ3n) is 3.82. The Labute approximate surface area is 113 Å². The third kappa shape index (κ3) is 2.91. The van der Waals surface area contributed by atoms with Crippen molar-refractivity contribution in [3.63, 3.8) is 0 Å². The van der Waals surface area contributed by atoms with Crippen molar-refractivity contribution in [1.82, 2.24) is 8.61 Å². The monoisotopic (exact) mass is 292 g/mol. The minimum absolute atomic E-state index is 0.193. The molecule has 2 heterocycles. The Morgan fingerprint density at radius 1 is 1.37 bits per heavy atom. The van der Waals surface area contributed by atoms with Gasteiger partial charge in [0, 0.05) is 20.2 Å². The molecule has 2 rings (SSSR count). The summed E-state index contributed by atoms with van der Waals surface area (Å²) in [7, 11) is -2.23. The third-order valence-corrected chi connectivity index (χ3v) is 5.87. The number of hydrogen-bond donors (Lipinski definition) is 1. The standard InChI is InChI=1S/C11H20N2O5S/c1-12(9-5-7-18-8-9)19(16,17)13-6-3-2-4-10(13)11(14)15/h9-10H,2-8H2,1H3,(H,14,15). The molecule has 0 aromatic carbocycles. The molecule has 0 saturated carbocycles. The Balaban J connectivity index is 2.18. The lowest BCUT2D eigenvalue weighted by molar-refractivity contribution is -0.142. The van der Waals surface area contributed by atoms with Gasteiger partial charge in [-0.1, -0.05) is 0 Å². The molecule has 2 fully saturated rings. The summed E-state index contributed by atoms with van der Waals surface area (Å²) in [6.07, 6.45) is 2.49. The van der Waals surface area contributed by atoms with E-state index in [1.165, 1.54) is 11.4 Å². The molecule has 19 heavy (non-hydrogen) atoms. The number of likely N-dealkylation sites (N-methyl/N-ethyl adjacent to an activating group) is 1. The van der Waals surface area contributed by atoms with Crippen LogP contribution in [0.4, 0.5) is 0 Å². The van der Waals surface area contributed by atoms with E-state index in [2.05, 4.69) is 0 Å². The van der Waals surface area contributed by atoms with Crippen LogP contribution in [-0.4, -0.2) is 67.0 Å². The summed E-state index contributed by atoms with van der Waals surface area (Å²) in [6, 6.07) is -1.13. The van der Waals surface area contributed by atoms with E-state index in [0.717, 1.165) is 10.7 Å². The van der Waals surface area contributed by atoms with Crippen molar-refractivity contribution in [3.8, 4) is 0 Å². The van der Waals surface area contributed by atoms with Crippen molar-refractivity contribution in [2.45, 2.75) is 37.8 Å². The summed E-state index contributed by atoms with van der Waals surface area (Å²) in [5, 5.41) is 9.17. The molecular weight excluding hydrogens is 272 g/mol. The van der Waals surface area contributed by atoms with Crippen LogP contribution >= 0.6 is 0 Å². The maximum atomic E-state index is 12.5. The van der Waals surface area contributed by atoms with Crippen LogP contribution in [0, 0.1) is 0 Å².